The molecule has 4 rings (SSSR count). The third-order valence-corrected chi connectivity index (χ3v) is 6.00. The molecule has 7 nitrogen and oxygen atoms in total. The van der Waals surface area contributed by atoms with Crippen LogP contribution in [0.5, 0.6) is 0 Å². The third-order valence-electron chi connectivity index (χ3n) is 5.00. The van der Waals surface area contributed by atoms with Crippen LogP contribution in [-0.4, -0.2) is 26.2 Å². The number of nitroso groups, excluding NO2 is 1. The van der Waals surface area contributed by atoms with Gasteiger partial charge >= 0.3 is 5.91 Å². The van der Waals surface area contributed by atoms with E-state index >= 15 is 0 Å². The molecule has 3 aromatic rings. The quantitative estimate of drug-likeness (QED) is 0.460. The highest BCUT2D eigenvalue weighted by molar-refractivity contribution is 7.95. The van der Waals surface area contributed by atoms with Gasteiger partial charge in [-0.2, -0.15) is 0 Å². The number of amides is 1. The summed E-state index contributed by atoms with van der Waals surface area (Å²) in [6.45, 7) is 1.82. The van der Waals surface area contributed by atoms with E-state index in [9.17, 15) is 14.5 Å². The summed E-state index contributed by atoms with van der Waals surface area (Å²) in [6, 6.07) is 18.6. The van der Waals surface area contributed by atoms with Gasteiger partial charge < -0.3 is 4.42 Å². The molecule has 1 amide bonds. The Morgan fingerprint density at radius 2 is 1.83 bits per heavy atom. The van der Waals surface area contributed by atoms with Gasteiger partial charge in [0.1, 0.15) is 11.5 Å². The van der Waals surface area contributed by atoms with Crippen molar-refractivity contribution in [2.75, 3.05) is 0 Å². The fraction of sp³-hybridized carbons (Fsp3) is 0.227. The van der Waals surface area contributed by atoms with Crippen molar-refractivity contribution in [3.8, 4) is 11.5 Å². The average Bonchev–Trinajstić information content (AvgIpc) is 3.29. The molecule has 2 atom stereocenters. The van der Waals surface area contributed by atoms with Crippen molar-refractivity contribution in [2.45, 2.75) is 30.9 Å². The van der Waals surface area contributed by atoms with Crippen LogP contribution < -0.4 is 5.43 Å². The minimum absolute atomic E-state index is 0.118. The molecule has 2 heterocycles. The van der Waals surface area contributed by atoms with Crippen molar-refractivity contribution in [2.24, 2.45) is 0 Å². The number of benzene rings is 2. The first-order chi connectivity index (χ1) is 14.5. The largest absolute Gasteiger partial charge is 0.441 e. The van der Waals surface area contributed by atoms with Gasteiger partial charge in [-0.15, -0.1) is 0 Å². The molecule has 2 aromatic carbocycles. The summed E-state index contributed by atoms with van der Waals surface area (Å²) >= 11 is 0.793. The van der Waals surface area contributed by atoms with Crippen LogP contribution in [0, 0.1) is 11.8 Å². The number of ketones is 1. The normalized spacial score (nSPS) is 17.0. The lowest BCUT2D eigenvalue weighted by Crippen LogP contribution is -2.33. The van der Waals surface area contributed by atoms with E-state index in [4.69, 9.17) is 4.42 Å². The van der Waals surface area contributed by atoms with E-state index in [-0.39, 0.29) is 12.2 Å². The van der Waals surface area contributed by atoms with Gasteiger partial charge in [0.2, 0.25) is 10.2 Å². The molecule has 152 valence electrons. The van der Waals surface area contributed by atoms with Crippen LogP contribution in [0.1, 0.15) is 29.4 Å². The molecule has 0 saturated carbocycles. The summed E-state index contributed by atoms with van der Waals surface area (Å²) < 4.78 is 6.18. The van der Waals surface area contributed by atoms with Crippen LogP contribution in [0.3, 0.4) is 0 Å². The highest BCUT2D eigenvalue weighted by Gasteiger charge is 2.48. The number of rotatable bonds is 7. The van der Waals surface area contributed by atoms with Crippen LogP contribution >= 0.6 is 11.9 Å². The molecular weight excluding hydrogens is 402 g/mol. The molecule has 1 fully saturated rings. The number of Topliss-reactive ketones (excluding diaryl/α,β-unsaturated/α-hetero) is 1. The van der Waals surface area contributed by atoms with E-state index in [0.717, 1.165) is 17.5 Å². The summed E-state index contributed by atoms with van der Waals surface area (Å²) in [5.74, 6) is -0.107. The van der Waals surface area contributed by atoms with E-state index in [1.54, 1.807) is 12.1 Å². The Morgan fingerprint density at radius 1 is 1.17 bits per heavy atom. The van der Waals surface area contributed by atoms with Crippen molar-refractivity contribution in [3.63, 3.8) is 0 Å². The van der Waals surface area contributed by atoms with Gasteiger partial charge in [0.05, 0.1) is 16.5 Å². The maximum absolute atomic E-state index is 13.2. The molecule has 1 N–H and O–H groups in total. The number of hydrogen-bond donors (Lipinski definition) is 1. The zero-order chi connectivity index (χ0) is 21.1. The lowest BCUT2D eigenvalue weighted by molar-refractivity contribution is -0.420. The molecule has 0 aliphatic carbocycles. The van der Waals surface area contributed by atoms with Gasteiger partial charge in [0, 0.05) is 18.4 Å². The standard InChI is InChI=1S/C22H19N3O4S/c1-14-17(23-22(29-14)16-10-6-3-7-11-16)12-13-18(26)19(15-8-4-2-5-9-15)20-21(27)24-25(28)30-20/h2-11,19-20H,12-13H2,1H3/p+1. The predicted octanol–water partition coefficient (Wildman–Crippen LogP) is 3.78. The summed E-state index contributed by atoms with van der Waals surface area (Å²) in [6.07, 6.45) is 0.578. The van der Waals surface area contributed by atoms with E-state index < -0.39 is 17.1 Å². The van der Waals surface area contributed by atoms with E-state index in [1.165, 1.54) is 0 Å². The fourth-order valence-electron chi connectivity index (χ4n) is 3.49. The van der Waals surface area contributed by atoms with Crippen LogP contribution in [0.15, 0.2) is 65.1 Å². The van der Waals surface area contributed by atoms with Crippen LogP contribution in [0.2, 0.25) is 0 Å². The monoisotopic (exact) mass is 422 g/mol. The zero-order valence-corrected chi connectivity index (χ0v) is 17.1. The maximum Gasteiger partial charge on any atom is 0.300 e. The Morgan fingerprint density at radius 3 is 2.47 bits per heavy atom. The predicted molar refractivity (Wildman–Crippen MR) is 112 cm³/mol. The number of hydrogen-bond acceptors (Lipinski definition) is 6. The van der Waals surface area contributed by atoms with E-state index in [0.29, 0.717) is 33.6 Å². The summed E-state index contributed by atoms with van der Waals surface area (Å²) in [7, 11) is 0. The molecule has 1 aromatic heterocycles. The summed E-state index contributed by atoms with van der Waals surface area (Å²) in [5, 5.41) is -0.796. The highest BCUT2D eigenvalue weighted by atomic mass is 32.2. The molecule has 30 heavy (non-hydrogen) atoms. The van der Waals surface area contributed by atoms with Crippen LogP contribution in [0.25, 0.3) is 11.5 Å². The number of carbonyl (C=O) groups excluding carboxylic acids is 2. The first kappa shape index (κ1) is 20.0. The number of hydrazine groups is 1. The number of nitrogens with one attached hydrogen (secondary N) is 1. The highest BCUT2D eigenvalue weighted by Crippen LogP contribution is 2.34. The minimum atomic E-state index is -0.796. The molecule has 0 spiro atoms. The minimum Gasteiger partial charge on any atom is -0.441 e. The van der Waals surface area contributed by atoms with Gasteiger partial charge in [0.25, 0.3) is 11.9 Å². The van der Waals surface area contributed by atoms with Crippen LogP contribution in [-0.2, 0) is 16.0 Å². The molecule has 1 aliphatic rings. The number of aryl methyl sites for hydroxylation is 2. The Hall–Kier alpha value is -3.26. The Balaban J connectivity index is 1.53. The van der Waals surface area contributed by atoms with Crippen LogP contribution in [0.4, 0.5) is 0 Å². The zero-order valence-electron chi connectivity index (χ0n) is 16.3. The number of oxazole rings is 1. The van der Waals surface area contributed by atoms with E-state index in [1.807, 2.05) is 55.5 Å². The maximum atomic E-state index is 13.2. The molecule has 0 radical (unpaired) electrons. The first-order valence-electron chi connectivity index (χ1n) is 9.57. The number of carbonyl (C=O) groups is 2. The third kappa shape index (κ3) is 4.18. The van der Waals surface area contributed by atoms with Crippen molar-refractivity contribution in [3.05, 3.63) is 82.6 Å². The number of aromatic nitrogens is 1. The smallest absolute Gasteiger partial charge is 0.300 e. The summed E-state index contributed by atoms with van der Waals surface area (Å²) in [5.41, 5.74) is 4.50. The van der Waals surface area contributed by atoms with Gasteiger partial charge in [-0.3, -0.25) is 9.59 Å². The molecule has 1 saturated heterocycles. The molecule has 0 bridgehead atoms. The second kappa shape index (κ2) is 8.62. The SMILES string of the molecule is Cc1oc(-c2ccccc2)nc1CCC(=O)C(c1ccccc1)C1S[N+](=O)NC1=O. The number of nitrogens with zero attached hydrogens (tertiary/aromatic N) is 2. The van der Waals surface area contributed by atoms with Gasteiger partial charge in [0.15, 0.2) is 5.25 Å². The lowest BCUT2D eigenvalue weighted by Gasteiger charge is -2.16. The second-order valence-corrected chi connectivity index (χ2v) is 8.05. The first-order valence-corrected chi connectivity index (χ1v) is 10.4. The molecular formula is C22H20N3O4S+. The molecule has 8 heteroatoms. The fourth-order valence-corrected chi connectivity index (χ4v) is 4.42. The second-order valence-electron chi connectivity index (χ2n) is 7.00. The Bertz CT molecular complexity index is 1080. The van der Waals surface area contributed by atoms with Crippen molar-refractivity contribution in [1.82, 2.24) is 10.4 Å². The van der Waals surface area contributed by atoms with Crippen molar-refractivity contribution < 1.29 is 18.3 Å². The topological polar surface area (TPSA) is 92.3 Å². The molecule has 1 aliphatic heterocycles. The Kier molecular flexibility index (Phi) is 5.76. The molecule has 2 unspecified atom stereocenters. The van der Waals surface area contributed by atoms with Gasteiger partial charge in [-0.25, -0.2) is 4.98 Å². The Labute approximate surface area is 177 Å². The van der Waals surface area contributed by atoms with Crippen molar-refractivity contribution >= 4 is 23.6 Å². The summed E-state index contributed by atoms with van der Waals surface area (Å²) in [4.78, 5) is 41.6. The van der Waals surface area contributed by atoms with Gasteiger partial charge in [-0.05, 0) is 24.6 Å². The van der Waals surface area contributed by atoms with Gasteiger partial charge in [-0.1, -0.05) is 54.0 Å². The lowest BCUT2D eigenvalue weighted by atomic mass is 9.88. The van der Waals surface area contributed by atoms with Crippen molar-refractivity contribution in [1.29, 1.82) is 0 Å². The van der Waals surface area contributed by atoms with E-state index in [2.05, 4.69) is 10.4 Å². The average molecular weight is 422 g/mol.